The molecule has 16 heteroatoms. The molecule has 3 N–H and O–H groups in total. The largest absolute Gasteiger partial charge is 0.496 e. The summed E-state index contributed by atoms with van der Waals surface area (Å²) in [6, 6.07) is 5.89. The molecule has 3 amide bonds. The number of methoxy groups -OCH3 is 1. The molecule has 5 heterocycles. The van der Waals surface area contributed by atoms with Crippen molar-refractivity contribution in [1.82, 2.24) is 29.2 Å². The SMILES string of the molecule is COc1cc(C(=O)Nc2cc(C(F)(F)F)ccn2)ccc1-c1nc([C@H]2CN(C(=O)C3CN(C(=O)C4CC4)C3)[C@@H](C)CO2)n2ccnc(N)c12. The number of hydrogen-bond acceptors (Lipinski definition) is 9. The highest BCUT2D eigenvalue weighted by atomic mass is 19.4. The van der Waals surface area contributed by atoms with Crippen LogP contribution in [0.5, 0.6) is 5.75 Å². The quantitative estimate of drug-likeness (QED) is 0.297. The molecular formula is C33H33F3N8O5. The zero-order valence-electron chi connectivity index (χ0n) is 26.6. The summed E-state index contributed by atoms with van der Waals surface area (Å²) in [4.78, 5) is 55.6. The number of halogens is 3. The van der Waals surface area contributed by atoms with Crippen LogP contribution in [0.4, 0.5) is 24.8 Å². The summed E-state index contributed by atoms with van der Waals surface area (Å²) >= 11 is 0. The average molecular weight is 679 g/mol. The first-order chi connectivity index (χ1) is 23.4. The molecule has 4 aromatic rings. The normalized spacial score (nSPS) is 19.9. The predicted octanol–water partition coefficient (Wildman–Crippen LogP) is 3.81. The van der Waals surface area contributed by atoms with Crippen LogP contribution in [0.1, 0.15) is 47.6 Å². The highest BCUT2D eigenvalue weighted by Crippen LogP contribution is 2.39. The Morgan fingerprint density at radius 1 is 1.02 bits per heavy atom. The Morgan fingerprint density at radius 3 is 2.51 bits per heavy atom. The maximum atomic E-state index is 13.6. The third-order valence-corrected chi connectivity index (χ3v) is 9.13. The molecular weight excluding hydrogens is 645 g/mol. The van der Waals surface area contributed by atoms with E-state index in [0.29, 0.717) is 35.7 Å². The van der Waals surface area contributed by atoms with Gasteiger partial charge in [-0.1, -0.05) is 0 Å². The number of amides is 3. The van der Waals surface area contributed by atoms with E-state index in [1.54, 1.807) is 26.5 Å². The summed E-state index contributed by atoms with van der Waals surface area (Å²) in [6.07, 6.45) is 0.800. The van der Waals surface area contributed by atoms with E-state index in [9.17, 15) is 27.6 Å². The van der Waals surface area contributed by atoms with Gasteiger partial charge in [-0.15, -0.1) is 0 Å². The molecule has 256 valence electrons. The van der Waals surface area contributed by atoms with Crippen LogP contribution < -0.4 is 15.8 Å². The Balaban J connectivity index is 1.15. The lowest BCUT2D eigenvalue weighted by Crippen LogP contribution is -2.60. The number of imidazole rings is 1. The highest BCUT2D eigenvalue weighted by molar-refractivity contribution is 6.04. The van der Waals surface area contributed by atoms with Crippen molar-refractivity contribution < 1.29 is 37.0 Å². The molecule has 13 nitrogen and oxygen atoms in total. The molecule has 2 atom stereocenters. The van der Waals surface area contributed by atoms with Gasteiger partial charge in [-0.05, 0) is 50.1 Å². The number of alkyl halides is 3. The minimum Gasteiger partial charge on any atom is -0.496 e. The summed E-state index contributed by atoms with van der Waals surface area (Å²) in [7, 11) is 1.41. The van der Waals surface area contributed by atoms with Crippen LogP contribution >= 0.6 is 0 Å². The van der Waals surface area contributed by atoms with Crippen LogP contribution in [0.2, 0.25) is 0 Å². The van der Waals surface area contributed by atoms with Crippen LogP contribution in [-0.4, -0.2) is 86.3 Å². The average Bonchev–Trinajstić information content (AvgIpc) is 3.84. The van der Waals surface area contributed by atoms with Gasteiger partial charge in [-0.2, -0.15) is 13.2 Å². The lowest BCUT2D eigenvalue weighted by Gasteiger charge is -2.44. The van der Waals surface area contributed by atoms with Crippen LogP contribution in [-0.2, 0) is 20.5 Å². The smallest absolute Gasteiger partial charge is 0.416 e. The van der Waals surface area contributed by atoms with Crippen molar-refractivity contribution in [3.8, 4) is 17.0 Å². The van der Waals surface area contributed by atoms with E-state index in [2.05, 4.69) is 15.3 Å². The van der Waals surface area contributed by atoms with Crippen molar-refractivity contribution >= 4 is 34.9 Å². The van der Waals surface area contributed by atoms with Gasteiger partial charge in [-0.3, -0.25) is 18.8 Å². The summed E-state index contributed by atoms with van der Waals surface area (Å²) in [5.41, 5.74) is 6.82. The molecule has 0 spiro atoms. The molecule has 1 aliphatic carbocycles. The van der Waals surface area contributed by atoms with E-state index in [4.69, 9.17) is 20.2 Å². The number of pyridine rings is 1. The first-order valence-corrected chi connectivity index (χ1v) is 15.8. The molecule has 3 fully saturated rings. The van der Waals surface area contributed by atoms with Gasteiger partial charge < -0.3 is 30.3 Å². The lowest BCUT2D eigenvalue weighted by molar-refractivity contribution is -0.158. The van der Waals surface area contributed by atoms with Gasteiger partial charge >= 0.3 is 6.18 Å². The second kappa shape index (κ2) is 12.3. The molecule has 2 aliphatic heterocycles. The number of nitrogens with one attached hydrogen (secondary N) is 1. The molecule has 0 radical (unpaired) electrons. The number of carbonyl (C=O) groups is 3. The number of aromatic nitrogens is 4. The van der Waals surface area contributed by atoms with Crippen LogP contribution in [0, 0.1) is 11.8 Å². The first kappa shape index (κ1) is 32.3. The van der Waals surface area contributed by atoms with E-state index < -0.39 is 23.8 Å². The number of fused-ring (bicyclic) bond motifs is 1. The third kappa shape index (κ3) is 6.11. The summed E-state index contributed by atoms with van der Waals surface area (Å²) in [5.74, 6) is -0.122. The predicted molar refractivity (Wildman–Crippen MR) is 169 cm³/mol. The maximum absolute atomic E-state index is 13.6. The zero-order chi connectivity index (χ0) is 34.6. The van der Waals surface area contributed by atoms with Gasteiger partial charge in [0.15, 0.2) is 0 Å². The molecule has 3 aromatic heterocycles. The van der Waals surface area contributed by atoms with E-state index in [1.165, 1.54) is 25.4 Å². The molecule has 1 saturated carbocycles. The van der Waals surface area contributed by atoms with Crippen LogP contribution in [0.15, 0.2) is 48.9 Å². The molecule has 49 heavy (non-hydrogen) atoms. The number of likely N-dealkylation sites (tertiary alicyclic amines) is 1. The number of nitrogens with two attached hydrogens (primary N) is 1. The van der Waals surface area contributed by atoms with E-state index in [1.807, 2.05) is 6.92 Å². The topological polar surface area (TPSA) is 157 Å². The summed E-state index contributed by atoms with van der Waals surface area (Å²) < 4.78 is 53.1. The fourth-order valence-electron chi connectivity index (χ4n) is 6.25. The number of rotatable bonds is 7. The Labute approximate surface area is 278 Å². The standard InChI is InChI=1S/C33H33F3N8O5/c1-17-16-49-24(15-44(17)32(47)20-13-42(14-20)31(46)18-3-4-18)29-41-26(27-28(37)39-9-10-43(27)29)22-6-5-19(11-23(22)48-2)30(45)40-25-12-21(7-8-38-25)33(34,35)36/h5-12,17-18,20,24H,3-4,13-16H2,1-2H3,(H2,37,39)(H,38,40,45)/t17-,24+/m0/s1. The van der Waals surface area contributed by atoms with Gasteiger partial charge in [0.2, 0.25) is 11.8 Å². The maximum Gasteiger partial charge on any atom is 0.416 e. The van der Waals surface area contributed by atoms with Crippen LogP contribution in [0.25, 0.3) is 16.8 Å². The third-order valence-electron chi connectivity index (χ3n) is 9.13. The number of morpholine rings is 1. The molecule has 1 aromatic carbocycles. The minimum atomic E-state index is -4.60. The summed E-state index contributed by atoms with van der Waals surface area (Å²) in [5, 5.41) is 2.39. The monoisotopic (exact) mass is 678 g/mol. The number of nitrogens with zero attached hydrogens (tertiary/aromatic N) is 6. The second-order valence-corrected chi connectivity index (χ2v) is 12.5. The Kier molecular flexibility index (Phi) is 8.13. The van der Waals surface area contributed by atoms with E-state index >= 15 is 0 Å². The number of benzene rings is 1. The van der Waals surface area contributed by atoms with Crippen LogP contribution in [0.3, 0.4) is 0 Å². The fourth-order valence-corrected chi connectivity index (χ4v) is 6.25. The molecule has 3 aliphatic rings. The number of anilines is 2. The van der Waals surface area contributed by atoms with Gasteiger partial charge in [-0.25, -0.2) is 15.0 Å². The molecule has 2 saturated heterocycles. The van der Waals surface area contributed by atoms with Crippen molar-refractivity contribution in [3.63, 3.8) is 0 Å². The Hall–Kier alpha value is -5.25. The molecule has 0 unspecified atom stereocenters. The van der Waals surface area contributed by atoms with Gasteiger partial charge in [0.1, 0.15) is 40.5 Å². The Bertz CT molecular complexity index is 1960. The van der Waals surface area contributed by atoms with Gasteiger partial charge in [0.25, 0.3) is 5.91 Å². The molecule has 0 bridgehead atoms. The van der Waals surface area contributed by atoms with Crippen molar-refractivity contribution in [1.29, 1.82) is 0 Å². The van der Waals surface area contributed by atoms with E-state index in [-0.39, 0.29) is 65.8 Å². The fraction of sp³-hybridized carbons (Fsp3) is 0.394. The van der Waals surface area contributed by atoms with Crippen molar-refractivity contribution in [3.05, 3.63) is 65.9 Å². The van der Waals surface area contributed by atoms with Gasteiger partial charge in [0, 0.05) is 48.7 Å². The number of nitrogen functional groups attached to an aromatic ring is 1. The van der Waals surface area contributed by atoms with Gasteiger partial charge in [0.05, 0.1) is 37.8 Å². The second-order valence-electron chi connectivity index (χ2n) is 12.5. The number of hydrogen-bond donors (Lipinski definition) is 2. The number of carbonyl (C=O) groups excluding carboxylic acids is 3. The van der Waals surface area contributed by atoms with Crippen molar-refractivity contribution in [2.24, 2.45) is 11.8 Å². The van der Waals surface area contributed by atoms with Crippen molar-refractivity contribution in [2.45, 2.75) is 38.1 Å². The first-order valence-electron chi connectivity index (χ1n) is 15.8. The Morgan fingerprint density at radius 2 is 1.80 bits per heavy atom. The molecule has 7 rings (SSSR count). The summed E-state index contributed by atoms with van der Waals surface area (Å²) in [6.45, 7) is 3.26. The zero-order valence-corrected chi connectivity index (χ0v) is 26.6. The minimum absolute atomic E-state index is 0.0289. The lowest BCUT2D eigenvalue weighted by atomic mass is 9.96. The van der Waals surface area contributed by atoms with Crippen molar-refractivity contribution in [2.75, 3.05) is 44.4 Å². The van der Waals surface area contributed by atoms with E-state index in [0.717, 1.165) is 31.2 Å². The number of ether oxygens (including phenoxy) is 2. The highest BCUT2D eigenvalue weighted by Gasteiger charge is 2.45.